The fraction of sp³-hybridized carbons (Fsp3) is 0.105. The van der Waals surface area contributed by atoms with Gasteiger partial charge in [-0.3, -0.25) is 0 Å². The van der Waals surface area contributed by atoms with Gasteiger partial charge in [0.15, 0.2) is 17.3 Å². The van der Waals surface area contributed by atoms with Crippen LogP contribution in [0.5, 0.6) is 5.75 Å². The molecule has 0 saturated carbocycles. The van der Waals surface area contributed by atoms with Crippen molar-refractivity contribution in [2.24, 2.45) is 0 Å². The highest BCUT2D eigenvalue weighted by Gasteiger charge is 2.11. The summed E-state index contributed by atoms with van der Waals surface area (Å²) in [6, 6.07) is 17.8. The number of imidazole rings is 1. The third kappa shape index (κ3) is 3.14. The van der Waals surface area contributed by atoms with Crippen LogP contribution in [0.3, 0.4) is 0 Å². The molecule has 0 fully saturated rings. The van der Waals surface area contributed by atoms with E-state index in [1.54, 1.807) is 13.4 Å². The van der Waals surface area contributed by atoms with Crippen molar-refractivity contribution in [2.75, 3.05) is 12.4 Å². The number of nitrogens with zero attached hydrogens (tertiary/aromatic N) is 3. The Balaban J connectivity index is 1.64. The standard InChI is InChI=1S/C19H17N5O/c1-25-15-9-7-13(8-10-15)11-20-18-16-19(22-12-21-16)24-17(23-18)14-5-3-2-4-6-14/h2-10,12H,11H2,1H3,(H2,20,21,22,23,24). The lowest BCUT2D eigenvalue weighted by Gasteiger charge is -2.09. The molecule has 6 nitrogen and oxygen atoms in total. The van der Waals surface area contributed by atoms with E-state index in [0.29, 0.717) is 18.0 Å². The lowest BCUT2D eigenvalue weighted by atomic mass is 10.2. The first kappa shape index (κ1) is 15.1. The molecule has 2 aromatic heterocycles. The second-order valence-corrected chi connectivity index (χ2v) is 5.56. The van der Waals surface area contributed by atoms with E-state index < -0.39 is 0 Å². The summed E-state index contributed by atoms with van der Waals surface area (Å²) in [6.45, 7) is 0.642. The van der Waals surface area contributed by atoms with Crippen molar-refractivity contribution >= 4 is 17.0 Å². The Morgan fingerprint density at radius 3 is 2.56 bits per heavy atom. The van der Waals surface area contributed by atoms with Gasteiger partial charge in [-0.25, -0.2) is 15.0 Å². The Kier molecular flexibility index (Phi) is 4.00. The molecular weight excluding hydrogens is 314 g/mol. The van der Waals surface area contributed by atoms with Gasteiger partial charge in [-0.1, -0.05) is 42.5 Å². The molecule has 0 aliphatic carbocycles. The van der Waals surface area contributed by atoms with Crippen LogP contribution in [0, 0.1) is 0 Å². The van der Waals surface area contributed by atoms with Gasteiger partial charge in [0.1, 0.15) is 11.3 Å². The monoisotopic (exact) mass is 331 g/mol. The number of ether oxygens (including phenoxy) is 1. The normalized spacial score (nSPS) is 10.8. The molecule has 0 aliphatic heterocycles. The minimum Gasteiger partial charge on any atom is -0.497 e. The van der Waals surface area contributed by atoms with Crippen LogP contribution in [0.1, 0.15) is 5.56 Å². The van der Waals surface area contributed by atoms with Crippen LogP contribution in [0.15, 0.2) is 60.9 Å². The molecule has 0 radical (unpaired) electrons. The number of hydrogen-bond donors (Lipinski definition) is 2. The van der Waals surface area contributed by atoms with E-state index >= 15 is 0 Å². The molecule has 2 heterocycles. The number of methoxy groups -OCH3 is 1. The fourth-order valence-electron chi connectivity index (χ4n) is 2.61. The maximum Gasteiger partial charge on any atom is 0.183 e. The van der Waals surface area contributed by atoms with Crippen LogP contribution in [0.25, 0.3) is 22.6 Å². The summed E-state index contributed by atoms with van der Waals surface area (Å²) in [6.07, 6.45) is 1.63. The van der Waals surface area contributed by atoms with Crippen LogP contribution in [-0.4, -0.2) is 27.0 Å². The Hall–Kier alpha value is -3.41. The lowest BCUT2D eigenvalue weighted by molar-refractivity contribution is 0.414. The molecule has 0 atom stereocenters. The molecule has 25 heavy (non-hydrogen) atoms. The van der Waals surface area contributed by atoms with Gasteiger partial charge in [0.25, 0.3) is 0 Å². The van der Waals surface area contributed by atoms with Crippen molar-refractivity contribution in [1.29, 1.82) is 0 Å². The number of fused-ring (bicyclic) bond motifs is 1. The predicted molar refractivity (Wildman–Crippen MR) is 97.4 cm³/mol. The summed E-state index contributed by atoms with van der Waals surface area (Å²) in [5.74, 6) is 2.22. The van der Waals surface area contributed by atoms with Gasteiger partial charge in [-0.05, 0) is 17.7 Å². The number of aromatic amines is 1. The zero-order chi connectivity index (χ0) is 17.1. The number of benzene rings is 2. The summed E-state index contributed by atoms with van der Waals surface area (Å²) >= 11 is 0. The number of anilines is 1. The predicted octanol–water partition coefficient (Wildman–Crippen LogP) is 3.64. The van der Waals surface area contributed by atoms with Crippen LogP contribution >= 0.6 is 0 Å². The van der Waals surface area contributed by atoms with Gasteiger partial charge >= 0.3 is 0 Å². The average molecular weight is 331 g/mol. The molecule has 0 aliphatic rings. The molecule has 124 valence electrons. The van der Waals surface area contributed by atoms with E-state index in [1.807, 2.05) is 54.6 Å². The van der Waals surface area contributed by atoms with Gasteiger partial charge in [-0.15, -0.1) is 0 Å². The first-order valence-electron chi connectivity index (χ1n) is 7.97. The number of rotatable bonds is 5. The quantitative estimate of drug-likeness (QED) is 0.584. The van der Waals surface area contributed by atoms with E-state index in [2.05, 4.69) is 25.3 Å². The SMILES string of the molecule is COc1ccc(CNc2nc(-c3ccccc3)nc3nc[nH]c23)cc1. The second-order valence-electron chi connectivity index (χ2n) is 5.56. The highest BCUT2D eigenvalue weighted by atomic mass is 16.5. The Bertz CT molecular complexity index is 980. The van der Waals surface area contributed by atoms with Crippen molar-refractivity contribution in [3.63, 3.8) is 0 Å². The molecule has 0 spiro atoms. The largest absolute Gasteiger partial charge is 0.497 e. The number of hydrogen-bond acceptors (Lipinski definition) is 5. The van der Waals surface area contributed by atoms with E-state index in [-0.39, 0.29) is 0 Å². The molecule has 4 aromatic rings. The molecule has 0 unspecified atom stereocenters. The average Bonchev–Trinajstić information content (AvgIpc) is 3.16. The first-order chi connectivity index (χ1) is 12.3. The van der Waals surface area contributed by atoms with Crippen molar-refractivity contribution in [3.8, 4) is 17.1 Å². The minimum atomic E-state index is 0.642. The van der Waals surface area contributed by atoms with Crippen molar-refractivity contribution < 1.29 is 4.74 Å². The van der Waals surface area contributed by atoms with Crippen LogP contribution in [0.4, 0.5) is 5.82 Å². The van der Waals surface area contributed by atoms with Gasteiger partial charge < -0.3 is 15.0 Å². The Morgan fingerprint density at radius 1 is 1.00 bits per heavy atom. The maximum atomic E-state index is 5.19. The summed E-state index contributed by atoms with van der Waals surface area (Å²) in [5, 5.41) is 3.37. The third-order valence-electron chi connectivity index (χ3n) is 3.94. The van der Waals surface area contributed by atoms with Crippen LogP contribution in [-0.2, 0) is 6.54 Å². The smallest absolute Gasteiger partial charge is 0.183 e. The van der Waals surface area contributed by atoms with Crippen molar-refractivity contribution in [2.45, 2.75) is 6.54 Å². The van der Waals surface area contributed by atoms with Gasteiger partial charge in [0.05, 0.1) is 13.4 Å². The Morgan fingerprint density at radius 2 is 1.80 bits per heavy atom. The fourth-order valence-corrected chi connectivity index (χ4v) is 2.61. The number of H-pyrrole nitrogens is 1. The van der Waals surface area contributed by atoms with E-state index in [1.165, 1.54) is 0 Å². The summed E-state index contributed by atoms with van der Waals surface area (Å²) in [5.41, 5.74) is 3.53. The topological polar surface area (TPSA) is 75.7 Å². The number of nitrogens with one attached hydrogen (secondary N) is 2. The van der Waals surface area contributed by atoms with E-state index in [4.69, 9.17) is 4.74 Å². The van der Waals surface area contributed by atoms with Crippen molar-refractivity contribution in [3.05, 3.63) is 66.5 Å². The molecule has 6 heteroatoms. The molecule has 0 bridgehead atoms. The molecule has 2 N–H and O–H groups in total. The second kappa shape index (κ2) is 6.60. The van der Waals surface area contributed by atoms with Crippen molar-refractivity contribution in [1.82, 2.24) is 19.9 Å². The molecular formula is C19H17N5O. The molecule has 4 rings (SSSR count). The lowest BCUT2D eigenvalue weighted by Crippen LogP contribution is -2.04. The van der Waals surface area contributed by atoms with Gasteiger partial charge in [0, 0.05) is 12.1 Å². The maximum absolute atomic E-state index is 5.19. The van der Waals surface area contributed by atoms with Gasteiger partial charge in [-0.2, -0.15) is 0 Å². The highest BCUT2D eigenvalue weighted by Crippen LogP contribution is 2.23. The zero-order valence-electron chi connectivity index (χ0n) is 13.7. The van der Waals surface area contributed by atoms with Crippen LogP contribution in [0.2, 0.25) is 0 Å². The highest BCUT2D eigenvalue weighted by molar-refractivity contribution is 5.84. The third-order valence-corrected chi connectivity index (χ3v) is 3.94. The number of aromatic nitrogens is 4. The minimum absolute atomic E-state index is 0.642. The van der Waals surface area contributed by atoms with E-state index in [0.717, 1.165) is 28.2 Å². The molecule has 0 amide bonds. The molecule has 2 aromatic carbocycles. The summed E-state index contributed by atoms with van der Waals surface area (Å²) in [4.78, 5) is 16.6. The summed E-state index contributed by atoms with van der Waals surface area (Å²) < 4.78 is 5.19. The first-order valence-corrected chi connectivity index (χ1v) is 7.97. The zero-order valence-corrected chi connectivity index (χ0v) is 13.7. The Labute approximate surface area is 144 Å². The molecule has 0 saturated heterocycles. The van der Waals surface area contributed by atoms with Gasteiger partial charge in [0.2, 0.25) is 0 Å². The van der Waals surface area contributed by atoms with Crippen LogP contribution < -0.4 is 10.1 Å². The van der Waals surface area contributed by atoms with E-state index in [9.17, 15) is 0 Å². The summed E-state index contributed by atoms with van der Waals surface area (Å²) in [7, 11) is 1.66.